The molecule has 0 radical (unpaired) electrons. The minimum Gasteiger partial charge on any atom is -0.351 e. The van der Waals surface area contributed by atoms with Gasteiger partial charge in [-0.05, 0) is 54.7 Å². The van der Waals surface area contributed by atoms with Crippen molar-refractivity contribution in [2.45, 2.75) is 56.0 Å². The van der Waals surface area contributed by atoms with Crippen molar-refractivity contribution in [3.05, 3.63) is 89.1 Å². The van der Waals surface area contributed by atoms with E-state index in [1.54, 1.807) is 47.5 Å². The van der Waals surface area contributed by atoms with Crippen LogP contribution < -0.4 is 15.1 Å². The van der Waals surface area contributed by atoms with Crippen LogP contribution in [0.25, 0.3) is 0 Å². The Bertz CT molecular complexity index is 1610. The maximum atomic E-state index is 14.5. The molecule has 45 heavy (non-hydrogen) atoms. The zero-order chi connectivity index (χ0) is 32.8. The molecular formula is C32H30F5N5O3. The lowest BCUT2D eigenvalue weighted by Gasteiger charge is -2.42. The minimum absolute atomic E-state index is 0.0904. The Morgan fingerprint density at radius 3 is 2.49 bits per heavy atom. The Labute approximate surface area is 256 Å². The summed E-state index contributed by atoms with van der Waals surface area (Å²) in [5, 5.41) is 11.3. The largest absolute Gasteiger partial charge is 0.351 e. The molecule has 0 unspecified atom stereocenters. The predicted molar refractivity (Wildman–Crippen MR) is 155 cm³/mol. The highest BCUT2D eigenvalue weighted by Gasteiger charge is 2.54. The quantitative estimate of drug-likeness (QED) is 0.293. The predicted octanol–water partition coefficient (Wildman–Crippen LogP) is 5.35. The monoisotopic (exact) mass is 627 g/mol. The maximum absolute atomic E-state index is 14.5. The molecule has 3 aliphatic rings. The Hall–Kier alpha value is -4.86. The standard InChI is InChI=1S/C21H18F4N2O2.C10H9N3O.CH3F/c22-16-6-3-7-17(18(16)23)27(12-28)21(9-8-13-4-1-2-5-15(13)21)19(29)26-14-10-20(24,25)11-14;11-7-8-3-4-12-9(6-8)13-5-1-2-10(13)14;1-2/h1-7,12,14H,8-11H2,(H,26,29);3-4,6H,1-2,5H2;1H3/t21-;;/m1../s1. The number of alkyl halides is 3. The van der Waals surface area contributed by atoms with E-state index in [1.165, 1.54) is 12.1 Å². The van der Waals surface area contributed by atoms with Gasteiger partial charge in [0.05, 0.1) is 24.5 Å². The highest BCUT2D eigenvalue weighted by Crippen LogP contribution is 2.45. The van der Waals surface area contributed by atoms with Crippen molar-refractivity contribution in [3.8, 4) is 6.07 Å². The number of nitrogens with one attached hydrogen (secondary N) is 1. The molecule has 1 aromatic heterocycles. The van der Waals surface area contributed by atoms with Crippen molar-refractivity contribution in [1.29, 1.82) is 5.26 Å². The third-order valence-electron chi connectivity index (χ3n) is 7.95. The van der Waals surface area contributed by atoms with Gasteiger partial charge in [-0.3, -0.25) is 28.6 Å². The van der Waals surface area contributed by atoms with Crippen LogP contribution in [-0.2, 0) is 26.3 Å². The van der Waals surface area contributed by atoms with E-state index < -0.39 is 47.9 Å². The van der Waals surface area contributed by atoms with Gasteiger partial charge in [0, 0.05) is 38.0 Å². The van der Waals surface area contributed by atoms with E-state index in [4.69, 9.17) is 5.26 Å². The van der Waals surface area contributed by atoms with Gasteiger partial charge in [-0.25, -0.2) is 22.5 Å². The number of halogens is 5. The molecule has 0 bridgehead atoms. The number of hydrogen-bond acceptors (Lipinski definition) is 5. The fraction of sp³-hybridized carbons (Fsp3) is 0.344. The fourth-order valence-corrected chi connectivity index (χ4v) is 5.81. The van der Waals surface area contributed by atoms with Gasteiger partial charge >= 0.3 is 0 Å². The summed E-state index contributed by atoms with van der Waals surface area (Å²) in [6.45, 7) is 0.709. The average Bonchev–Trinajstić information content (AvgIpc) is 3.64. The van der Waals surface area contributed by atoms with Crippen LogP contribution in [0.15, 0.2) is 60.8 Å². The van der Waals surface area contributed by atoms with Crippen LogP contribution in [0.1, 0.15) is 48.8 Å². The molecule has 0 spiro atoms. The van der Waals surface area contributed by atoms with Crippen LogP contribution >= 0.6 is 0 Å². The van der Waals surface area contributed by atoms with E-state index in [1.807, 2.05) is 6.07 Å². The van der Waals surface area contributed by atoms with Gasteiger partial charge in [-0.1, -0.05) is 30.3 Å². The van der Waals surface area contributed by atoms with Gasteiger partial charge in [-0.2, -0.15) is 5.26 Å². The molecule has 2 heterocycles. The van der Waals surface area contributed by atoms with Crippen molar-refractivity contribution >= 4 is 29.7 Å². The van der Waals surface area contributed by atoms with Crippen molar-refractivity contribution in [3.63, 3.8) is 0 Å². The topological polar surface area (TPSA) is 106 Å². The van der Waals surface area contributed by atoms with E-state index in [-0.39, 0.29) is 24.4 Å². The molecule has 1 saturated heterocycles. The maximum Gasteiger partial charge on any atom is 0.252 e. The molecule has 2 aliphatic carbocycles. The van der Waals surface area contributed by atoms with E-state index in [0.29, 0.717) is 43.5 Å². The van der Waals surface area contributed by atoms with Gasteiger partial charge in [0.1, 0.15) is 5.82 Å². The van der Waals surface area contributed by atoms with E-state index in [9.17, 15) is 36.3 Å². The number of aromatic nitrogens is 1. The minimum atomic E-state index is -2.84. The number of carbonyl (C=O) groups is 3. The van der Waals surface area contributed by atoms with Gasteiger partial charge in [0.15, 0.2) is 17.2 Å². The molecule has 3 aromatic rings. The van der Waals surface area contributed by atoms with Crippen molar-refractivity contribution in [1.82, 2.24) is 10.3 Å². The summed E-state index contributed by atoms with van der Waals surface area (Å²) in [7, 11) is 0.500. The molecule has 6 rings (SSSR count). The number of carbonyl (C=O) groups excluding carboxylic acids is 3. The second-order valence-electron chi connectivity index (χ2n) is 10.7. The molecule has 236 valence electrons. The Kier molecular flexibility index (Phi) is 10.2. The summed E-state index contributed by atoms with van der Waals surface area (Å²) in [5.74, 6) is -5.25. The van der Waals surface area contributed by atoms with Crippen molar-refractivity contribution < 1.29 is 36.3 Å². The second kappa shape index (κ2) is 13.8. The molecule has 1 saturated carbocycles. The van der Waals surface area contributed by atoms with Crippen LogP contribution in [0.3, 0.4) is 0 Å². The first kappa shape index (κ1) is 33.0. The summed E-state index contributed by atoms with van der Waals surface area (Å²) in [6.07, 6.45) is 2.85. The molecule has 13 heteroatoms. The Morgan fingerprint density at radius 1 is 1.11 bits per heavy atom. The Balaban J connectivity index is 0.000000241. The summed E-state index contributed by atoms with van der Waals surface area (Å²) in [5.41, 5.74) is -0.247. The summed E-state index contributed by atoms with van der Waals surface area (Å²) < 4.78 is 64.3. The number of rotatable bonds is 6. The molecule has 1 atom stereocenters. The van der Waals surface area contributed by atoms with E-state index in [2.05, 4.69) is 10.3 Å². The molecule has 2 aromatic carbocycles. The number of benzene rings is 2. The van der Waals surface area contributed by atoms with E-state index in [0.717, 1.165) is 23.0 Å². The molecule has 1 N–H and O–H groups in total. The van der Waals surface area contributed by atoms with Gasteiger partial charge in [-0.15, -0.1) is 0 Å². The first-order valence-electron chi connectivity index (χ1n) is 14.1. The van der Waals surface area contributed by atoms with Crippen LogP contribution in [-0.4, -0.2) is 48.9 Å². The SMILES string of the molecule is CF.N#Cc1ccnc(N2CCCC2=O)c1.O=CN(c1cccc(F)c1F)[C@]1(C(=O)NC2CC(F)(F)C2)CCc2ccccc21. The second-order valence-corrected chi connectivity index (χ2v) is 10.7. The number of aryl methyl sites for hydroxylation is 1. The number of fused-ring (bicyclic) bond motifs is 1. The lowest BCUT2D eigenvalue weighted by atomic mass is 9.84. The van der Waals surface area contributed by atoms with Crippen LogP contribution in [0, 0.1) is 23.0 Å². The van der Waals surface area contributed by atoms with Crippen LogP contribution in [0.4, 0.5) is 33.5 Å². The average molecular weight is 628 g/mol. The fourth-order valence-electron chi connectivity index (χ4n) is 5.81. The number of anilines is 2. The summed E-state index contributed by atoms with van der Waals surface area (Å²) >= 11 is 0. The first-order chi connectivity index (χ1) is 21.6. The molecule has 1 aliphatic heterocycles. The number of hydrogen-bond donors (Lipinski definition) is 1. The normalized spacial score (nSPS) is 19.5. The third-order valence-corrected chi connectivity index (χ3v) is 7.95. The molecule has 3 amide bonds. The highest BCUT2D eigenvalue weighted by molar-refractivity contribution is 5.99. The van der Waals surface area contributed by atoms with Crippen LogP contribution in [0.2, 0.25) is 0 Å². The molecular weight excluding hydrogens is 597 g/mol. The smallest absolute Gasteiger partial charge is 0.252 e. The highest BCUT2D eigenvalue weighted by atomic mass is 19.3. The zero-order valence-electron chi connectivity index (χ0n) is 24.3. The van der Waals surface area contributed by atoms with Gasteiger partial charge in [0.25, 0.3) is 11.8 Å². The number of nitrogens with zero attached hydrogens (tertiary/aromatic N) is 4. The Morgan fingerprint density at radius 2 is 1.84 bits per heavy atom. The van der Waals surface area contributed by atoms with Gasteiger partial charge < -0.3 is 5.32 Å². The molecule has 8 nitrogen and oxygen atoms in total. The third kappa shape index (κ3) is 6.64. The zero-order valence-corrected chi connectivity index (χ0v) is 24.3. The first-order valence-corrected chi connectivity index (χ1v) is 14.1. The summed E-state index contributed by atoms with van der Waals surface area (Å²) in [4.78, 5) is 43.4. The summed E-state index contributed by atoms with van der Waals surface area (Å²) in [6, 6.07) is 14.8. The number of nitriles is 1. The van der Waals surface area contributed by atoms with E-state index >= 15 is 0 Å². The van der Waals surface area contributed by atoms with Crippen LogP contribution in [0.5, 0.6) is 0 Å². The molecule has 2 fully saturated rings. The van der Waals surface area contributed by atoms with Crippen molar-refractivity contribution in [2.75, 3.05) is 23.5 Å². The van der Waals surface area contributed by atoms with Gasteiger partial charge in [0.2, 0.25) is 12.3 Å². The lowest BCUT2D eigenvalue weighted by molar-refractivity contribution is -0.135. The number of amides is 3. The lowest BCUT2D eigenvalue weighted by Crippen LogP contribution is -2.60. The van der Waals surface area contributed by atoms with Crippen molar-refractivity contribution in [2.24, 2.45) is 0 Å². The number of pyridine rings is 1.